The molecule has 190 valence electrons. The number of anilines is 1. The van der Waals surface area contributed by atoms with E-state index in [2.05, 4.69) is 75.7 Å². The molecule has 0 radical (unpaired) electrons. The van der Waals surface area contributed by atoms with Crippen LogP contribution in [0.3, 0.4) is 0 Å². The first-order chi connectivity index (χ1) is 18.0. The normalized spacial score (nSPS) is 15.6. The minimum absolute atomic E-state index is 0.129. The molecule has 1 N–H and O–H groups in total. The van der Waals surface area contributed by atoms with E-state index in [0.717, 1.165) is 72.3 Å². The number of nitrogens with one attached hydrogen (secondary N) is 1. The third-order valence-electron chi connectivity index (χ3n) is 7.76. The SMILES string of the molecule is C#CC(CC)Cn1c(C#N)cc2c(C)c(CN3CCC(Nc4ncnc5sc(CC)cc45)CC3)ccc21. The van der Waals surface area contributed by atoms with Gasteiger partial charge in [0.1, 0.15) is 28.7 Å². The molecule has 0 aliphatic carbocycles. The number of aromatic nitrogens is 3. The Morgan fingerprint density at radius 2 is 2.00 bits per heavy atom. The second kappa shape index (κ2) is 10.9. The topological polar surface area (TPSA) is 69.8 Å². The summed E-state index contributed by atoms with van der Waals surface area (Å²) in [5, 5.41) is 15.8. The summed E-state index contributed by atoms with van der Waals surface area (Å²) in [5.41, 5.74) is 4.37. The Balaban J connectivity index is 1.26. The van der Waals surface area contributed by atoms with Gasteiger partial charge in [0.15, 0.2) is 0 Å². The molecule has 1 saturated heterocycles. The van der Waals surface area contributed by atoms with Gasteiger partial charge in [0.25, 0.3) is 0 Å². The van der Waals surface area contributed by atoms with Gasteiger partial charge in [-0.15, -0.1) is 23.7 Å². The minimum atomic E-state index is 0.129. The molecule has 0 amide bonds. The maximum absolute atomic E-state index is 9.76. The van der Waals surface area contributed by atoms with Crippen molar-refractivity contribution in [1.82, 2.24) is 19.4 Å². The van der Waals surface area contributed by atoms with Crippen LogP contribution in [0.2, 0.25) is 0 Å². The first-order valence-electron chi connectivity index (χ1n) is 13.2. The minimum Gasteiger partial charge on any atom is -0.367 e. The fraction of sp³-hybridized carbons (Fsp3) is 0.433. The third-order valence-corrected chi connectivity index (χ3v) is 8.95. The number of aryl methyl sites for hydroxylation is 2. The predicted molar refractivity (Wildman–Crippen MR) is 153 cm³/mol. The maximum atomic E-state index is 9.76. The highest BCUT2D eigenvalue weighted by Gasteiger charge is 2.22. The average molecular weight is 511 g/mol. The van der Waals surface area contributed by atoms with Crippen molar-refractivity contribution >= 4 is 38.3 Å². The van der Waals surface area contributed by atoms with Crippen molar-refractivity contribution in [3.05, 3.63) is 52.3 Å². The van der Waals surface area contributed by atoms with Crippen LogP contribution in [0, 0.1) is 36.5 Å². The Bertz CT molecular complexity index is 1490. The van der Waals surface area contributed by atoms with E-state index in [9.17, 15) is 5.26 Å². The van der Waals surface area contributed by atoms with E-state index < -0.39 is 0 Å². The number of nitrogens with zero attached hydrogens (tertiary/aromatic N) is 5. The molecule has 37 heavy (non-hydrogen) atoms. The third kappa shape index (κ3) is 5.07. The summed E-state index contributed by atoms with van der Waals surface area (Å²) in [6, 6.07) is 11.5. The van der Waals surface area contributed by atoms with E-state index >= 15 is 0 Å². The second-order valence-electron chi connectivity index (χ2n) is 10.0. The molecular weight excluding hydrogens is 476 g/mol. The van der Waals surface area contributed by atoms with Gasteiger partial charge in [0.2, 0.25) is 0 Å². The van der Waals surface area contributed by atoms with Gasteiger partial charge < -0.3 is 9.88 Å². The Labute approximate surface area is 223 Å². The molecule has 5 rings (SSSR count). The lowest BCUT2D eigenvalue weighted by atomic mass is 10.0. The average Bonchev–Trinajstić information content (AvgIpc) is 3.52. The molecule has 0 bridgehead atoms. The van der Waals surface area contributed by atoms with Gasteiger partial charge in [-0.1, -0.05) is 19.9 Å². The second-order valence-corrected chi connectivity index (χ2v) is 11.1. The van der Waals surface area contributed by atoms with E-state index in [4.69, 9.17) is 6.42 Å². The molecule has 0 spiro atoms. The monoisotopic (exact) mass is 510 g/mol. The van der Waals surface area contributed by atoms with Crippen molar-refractivity contribution in [2.45, 2.75) is 65.6 Å². The molecular formula is C30H34N6S. The van der Waals surface area contributed by atoms with E-state index in [0.29, 0.717) is 18.3 Å². The summed E-state index contributed by atoms with van der Waals surface area (Å²) in [6.07, 6.45) is 11.5. The smallest absolute Gasteiger partial charge is 0.138 e. The Morgan fingerprint density at radius 1 is 1.19 bits per heavy atom. The van der Waals surface area contributed by atoms with Crippen molar-refractivity contribution in [2.24, 2.45) is 5.92 Å². The molecule has 1 atom stereocenters. The zero-order valence-electron chi connectivity index (χ0n) is 21.9. The van der Waals surface area contributed by atoms with Crippen LogP contribution >= 0.6 is 11.3 Å². The lowest BCUT2D eigenvalue weighted by molar-refractivity contribution is 0.211. The Kier molecular flexibility index (Phi) is 7.46. The highest BCUT2D eigenvalue weighted by molar-refractivity contribution is 7.18. The van der Waals surface area contributed by atoms with Gasteiger partial charge in [-0.25, -0.2) is 9.97 Å². The predicted octanol–water partition coefficient (Wildman–Crippen LogP) is 6.12. The first-order valence-corrected chi connectivity index (χ1v) is 14.1. The molecule has 3 aromatic heterocycles. The highest BCUT2D eigenvalue weighted by atomic mass is 32.1. The van der Waals surface area contributed by atoms with Crippen LogP contribution < -0.4 is 5.32 Å². The molecule has 7 heteroatoms. The number of thiophene rings is 1. The number of piperidine rings is 1. The van der Waals surface area contributed by atoms with Gasteiger partial charge in [-0.3, -0.25) is 4.90 Å². The summed E-state index contributed by atoms with van der Waals surface area (Å²) in [6.45, 7) is 10.1. The van der Waals surface area contributed by atoms with Crippen LogP contribution in [0.4, 0.5) is 5.82 Å². The molecule has 4 heterocycles. The lowest BCUT2D eigenvalue weighted by Gasteiger charge is -2.33. The summed E-state index contributed by atoms with van der Waals surface area (Å²) in [5.74, 6) is 3.96. The van der Waals surface area contributed by atoms with E-state index in [1.54, 1.807) is 17.7 Å². The van der Waals surface area contributed by atoms with Crippen LogP contribution in [0.25, 0.3) is 21.1 Å². The van der Waals surface area contributed by atoms with E-state index in [1.165, 1.54) is 16.0 Å². The van der Waals surface area contributed by atoms with Gasteiger partial charge in [0, 0.05) is 53.9 Å². The van der Waals surface area contributed by atoms with Crippen molar-refractivity contribution < 1.29 is 0 Å². The fourth-order valence-corrected chi connectivity index (χ4v) is 6.30. The number of hydrogen-bond acceptors (Lipinski definition) is 6. The molecule has 1 aromatic carbocycles. The number of likely N-dealkylation sites (tertiary alicyclic amines) is 1. The Morgan fingerprint density at radius 3 is 2.70 bits per heavy atom. The van der Waals surface area contributed by atoms with Crippen LogP contribution in [0.5, 0.6) is 0 Å². The largest absolute Gasteiger partial charge is 0.367 e. The van der Waals surface area contributed by atoms with Crippen molar-refractivity contribution in [1.29, 1.82) is 5.26 Å². The van der Waals surface area contributed by atoms with E-state index in [1.807, 2.05) is 6.07 Å². The Hall–Kier alpha value is -3.39. The van der Waals surface area contributed by atoms with Gasteiger partial charge >= 0.3 is 0 Å². The number of rotatable bonds is 8. The van der Waals surface area contributed by atoms with Crippen LogP contribution in [-0.2, 0) is 19.5 Å². The van der Waals surface area contributed by atoms with Gasteiger partial charge in [0.05, 0.1) is 5.39 Å². The molecule has 0 saturated carbocycles. The number of benzene rings is 1. The number of nitriles is 1. The van der Waals surface area contributed by atoms with Crippen LogP contribution in [0.1, 0.15) is 54.8 Å². The lowest BCUT2D eigenvalue weighted by Crippen LogP contribution is -2.39. The van der Waals surface area contributed by atoms with Gasteiger partial charge in [-0.05, 0) is 61.9 Å². The molecule has 1 fully saturated rings. The van der Waals surface area contributed by atoms with Crippen LogP contribution in [-0.4, -0.2) is 38.6 Å². The van der Waals surface area contributed by atoms with Gasteiger partial charge in [-0.2, -0.15) is 5.26 Å². The van der Waals surface area contributed by atoms with Crippen LogP contribution in [0.15, 0.2) is 30.6 Å². The fourth-order valence-electron chi connectivity index (χ4n) is 5.37. The first kappa shape index (κ1) is 25.3. The zero-order valence-corrected chi connectivity index (χ0v) is 22.7. The van der Waals surface area contributed by atoms with Crippen molar-refractivity contribution in [3.63, 3.8) is 0 Å². The van der Waals surface area contributed by atoms with Crippen molar-refractivity contribution in [2.75, 3.05) is 18.4 Å². The quantitative estimate of drug-likeness (QED) is 0.289. The number of fused-ring (bicyclic) bond motifs is 2. The molecule has 4 aromatic rings. The summed E-state index contributed by atoms with van der Waals surface area (Å²) in [4.78, 5) is 14.0. The molecule has 6 nitrogen and oxygen atoms in total. The number of hydrogen-bond donors (Lipinski definition) is 1. The number of terminal acetylenes is 1. The molecule has 1 aliphatic heterocycles. The summed E-state index contributed by atoms with van der Waals surface area (Å²) in [7, 11) is 0. The highest BCUT2D eigenvalue weighted by Crippen LogP contribution is 2.31. The zero-order chi connectivity index (χ0) is 25.9. The summed E-state index contributed by atoms with van der Waals surface area (Å²) >= 11 is 1.76. The summed E-state index contributed by atoms with van der Waals surface area (Å²) < 4.78 is 2.10. The maximum Gasteiger partial charge on any atom is 0.138 e. The molecule has 1 aliphatic rings. The van der Waals surface area contributed by atoms with E-state index in [-0.39, 0.29) is 5.92 Å². The van der Waals surface area contributed by atoms with Crippen molar-refractivity contribution in [3.8, 4) is 18.4 Å². The standard InChI is InChI=1S/C30H34N6S/c1-5-21(6-2)17-36-24(16-31)14-26-20(4)22(8-9-28(26)36)18-35-12-10-23(11-13-35)34-29-27-15-25(7-3)37-30(27)33-19-32-29/h1,8-9,14-15,19,21,23H,6-7,10-13,17-18H2,2-4H3,(H,32,33,34). The molecule has 1 unspecified atom stereocenters.